The van der Waals surface area contributed by atoms with E-state index in [9.17, 15) is 13.2 Å². The van der Waals surface area contributed by atoms with Gasteiger partial charge in [0, 0.05) is 11.3 Å². The van der Waals surface area contributed by atoms with Crippen molar-refractivity contribution in [1.29, 1.82) is 0 Å². The Morgan fingerprint density at radius 2 is 1.81 bits per heavy atom. The molecule has 0 bridgehead atoms. The van der Waals surface area contributed by atoms with Gasteiger partial charge in [-0.25, -0.2) is 8.42 Å². The molecule has 0 saturated carbocycles. The fourth-order valence-electron chi connectivity index (χ4n) is 2.80. The summed E-state index contributed by atoms with van der Waals surface area (Å²) in [6, 6.07) is 14.1. The molecule has 3 rings (SSSR count). The second kappa shape index (κ2) is 10.5. The van der Waals surface area contributed by atoms with E-state index in [4.69, 9.17) is 9.15 Å². The summed E-state index contributed by atoms with van der Waals surface area (Å²) in [6.45, 7) is 0. The summed E-state index contributed by atoms with van der Waals surface area (Å²) in [6.07, 6.45) is 2.65. The zero-order chi connectivity index (χ0) is 22.3. The molecule has 0 spiro atoms. The van der Waals surface area contributed by atoms with Crippen molar-refractivity contribution < 1.29 is 22.4 Å². The minimum absolute atomic E-state index is 0.00116. The second-order valence-corrected chi connectivity index (χ2v) is 9.66. The Morgan fingerprint density at radius 3 is 2.45 bits per heavy atom. The number of ether oxygens (including phenoxy) is 1. The fourth-order valence-corrected chi connectivity index (χ4v) is 4.52. The standard InChI is InChI=1S/C21H23N3O5S2/c1-28-16-7-11-18(12-8-16)31(26,27)13-3-4-19(25)22-21-24-23-20(29-21)14-15-5-9-17(30-2)10-6-15/h5-12H,3-4,13-14H2,1-2H3,(H,22,24,25). The molecular weight excluding hydrogens is 438 g/mol. The van der Waals surface area contributed by atoms with Crippen LogP contribution in [0.4, 0.5) is 6.01 Å². The summed E-state index contributed by atoms with van der Waals surface area (Å²) in [4.78, 5) is 13.5. The van der Waals surface area contributed by atoms with Gasteiger partial charge in [-0.3, -0.25) is 10.1 Å². The van der Waals surface area contributed by atoms with Crippen LogP contribution in [0.5, 0.6) is 5.75 Å². The SMILES string of the molecule is COc1ccc(S(=O)(=O)CCCC(=O)Nc2nnc(Cc3ccc(SC)cc3)o2)cc1. The molecule has 1 amide bonds. The van der Waals surface area contributed by atoms with Gasteiger partial charge in [0.1, 0.15) is 5.75 Å². The molecule has 2 aromatic carbocycles. The number of methoxy groups -OCH3 is 1. The lowest BCUT2D eigenvalue weighted by molar-refractivity contribution is -0.116. The van der Waals surface area contributed by atoms with Crippen LogP contribution in [0, 0.1) is 0 Å². The smallest absolute Gasteiger partial charge is 0.322 e. The van der Waals surface area contributed by atoms with Crippen LogP contribution in [0.25, 0.3) is 0 Å². The van der Waals surface area contributed by atoms with E-state index in [2.05, 4.69) is 15.5 Å². The van der Waals surface area contributed by atoms with Gasteiger partial charge in [-0.05, 0) is 54.6 Å². The molecule has 3 aromatic rings. The zero-order valence-electron chi connectivity index (χ0n) is 17.2. The number of aromatic nitrogens is 2. The topological polar surface area (TPSA) is 111 Å². The van der Waals surface area contributed by atoms with Gasteiger partial charge < -0.3 is 9.15 Å². The molecule has 0 unspecified atom stereocenters. The molecule has 0 radical (unpaired) electrons. The Labute approximate surface area is 185 Å². The van der Waals surface area contributed by atoms with Crippen LogP contribution in [-0.4, -0.2) is 43.6 Å². The maximum absolute atomic E-state index is 12.4. The number of carbonyl (C=O) groups excluding carboxylic acids is 1. The van der Waals surface area contributed by atoms with Gasteiger partial charge in [-0.15, -0.1) is 16.9 Å². The Bertz CT molecular complexity index is 1110. The van der Waals surface area contributed by atoms with Crippen molar-refractivity contribution in [3.63, 3.8) is 0 Å². The molecule has 0 atom stereocenters. The van der Waals surface area contributed by atoms with Crippen LogP contribution in [0.1, 0.15) is 24.3 Å². The number of carbonyl (C=O) groups is 1. The number of hydrogen-bond acceptors (Lipinski definition) is 8. The van der Waals surface area contributed by atoms with E-state index in [1.807, 2.05) is 30.5 Å². The van der Waals surface area contributed by atoms with Crippen molar-refractivity contribution in [2.24, 2.45) is 0 Å². The summed E-state index contributed by atoms with van der Waals surface area (Å²) < 4.78 is 35.2. The molecular formula is C21H23N3O5S2. The first kappa shape index (κ1) is 22.8. The molecule has 0 aliphatic carbocycles. The van der Waals surface area contributed by atoms with E-state index < -0.39 is 9.84 Å². The monoisotopic (exact) mass is 461 g/mol. The average molecular weight is 462 g/mol. The Kier molecular flexibility index (Phi) is 7.69. The summed E-state index contributed by atoms with van der Waals surface area (Å²) >= 11 is 1.66. The molecule has 8 nitrogen and oxygen atoms in total. The maximum atomic E-state index is 12.4. The Balaban J connectivity index is 1.47. The third-order valence-electron chi connectivity index (χ3n) is 4.46. The second-order valence-electron chi connectivity index (χ2n) is 6.67. The van der Waals surface area contributed by atoms with Crippen LogP contribution in [0.2, 0.25) is 0 Å². The van der Waals surface area contributed by atoms with E-state index in [0.29, 0.717) is 18.1 Å². The highest BCUT2D eigenvalue weighted by Gasteiger charge is 2.16. The van der Waals surface area contributed by atoms with Crippen LogP contribution in [0.3, 0.4) is 0 Å². The molecule has 1 N–H and O–H groups in total. The predicted octanol–water partition coefficient (Wildman–Crippen LogP) is 3.58. The van der Waals surface area contributed by atoms with Crippen LogP contribution >= 0.6 is 11.8 Å². The fraction of sp³-hybridized carbons (Fsp3) is 0.286. The summed E-state index contributed by atoms with van der Waals surface area (Å²) in [7, 11) is -1.97. The van der Waals surface area contributed by atoms with Gasteiger partial charge in [-0.1, -0.05) is 17.2 Å². The van der Waals surface area contributed by atoms with Gasteiger partial charge in [0.15, 0.2) is 9.84 Å². The lowest BCUT2D eigenvalue weighted by Crippen LogP contribution is -2.14. The van der Waals surface area contributed by atoms with Crippen molar-refractivity contribution in [3.8, 4) is 5.75 Å². The van der Waals surface area contributed by atoms with E-state index in [1.54, 1.807) is 23.9 Å². The van der Waals surface area contributed by atoms with Crippen molar-refractivity contribution >= 4 is 33.5 Å². The Hall–Kier alpha value is -2.85. The largest absolute Gasteiger partial charge is 0.497 e. The molecule has 0 fully saturated rings. The number of hydrogen-bond donors (Lipinski definition) is 1. The number of thioether (sulfide) groups is 1. The Morgan fingerprint density at radius 1 is 1.10 bits per heavy atom. The van der Waals surface area contributed by atoms with Gasteiger partial charge >= 0.3 is 6.01 Å². The van der Waals surface area contributed by atoms with E-state index >= 15 is 0 Å². The third-order valence-corrected chi connectivity index (χ3v) is 7.02. The molecule has 164 valence electrons. The van der Waals surface area contributed by atoms with E-state index in [0.717, 1.165) is 10.5 Å². The predicted molar refractivity (Wildman–Crippen MR) is 118 cm³/mol. The molecule has 0 aliphatic heterocycles. The number of nitrogens with one attached hydrogen (secondary N) is 1. The van der Waals surface area contributed by atoms with Crippen LogP contribution in [0.15, 0.2) is 62.7 Å². The molecule has 31 heavy (non-hydrogen) atoms. The minimum atomic E-state index is -3.48. The first-order chi connectivity index (χ1) is 14.9. The first-order valence-corrected chi connectivity index (χ1v) is 12.4. The molecule has 0 aliphatic rings. The van der Waals surface area contributed by atoms with Crippen molar-refractivity contribution in [3.05, 3.63) is 60.0 Å². The molecule has 1 aromatic heterocycles. The molecule has 10 heteroatoms. The van der Waals surface area contributed by atoms with Crippen molar-refractivity contribution in [2.45, 2.75) is 29.1 Å². The van der Waals surface area contributed by atoms with Gasteiger partial charge in [0.2, 0.25) is 11.8 Å². The van der Waals surface area contributed by atoms with E-state index in [-0.39, 0.29) is 35.4 Å². The highest BCUT2D eigenvalue weighted by atomic mass is 32.2. The lowest BCUT2D eigenvalue weighted by atomic mass is 10.1. The number of rotatable bonds is 10. The van der Waals surface area contributed by atoms with Crippen LogP contribution in [-0.2, 0) is 21.1 Å². The first-order valence-electron chi connectivity index (χ1n) is 9.51. The summed E-state index contributed by atoms with van der Waals surface area (Å²) in [5, 5.41) is 10.3. The number of benzene rings is 2. The number of nitrogens with zero attached hydrogens (tertiary/aromatic N) is 2. The highest BCUT2D eigenvalue weighted by molar-refractivity contribution is 7.98. The van der Waals surface area contributed by atoms with E-state index in [1.165, 1.54) is 19.2 Å². The van der Waals surface area contributed by atoms with Gasteiger partial charge in [-0.2, -0.15) is 0 Å². The maximum Gasteiger partial charge on any atom is 0.322 e. The number of amides is 1. The van der Waals surface area contributed by atoms with Gasteiger partial charge in [0.25, 0.3) is 0 Å². The number of sulfone groups is 1. The molecule has 0 saturated heterocycles. The highest BCUT2D eigenvalue weighted by Crippen LogP contribution is 2.19. The summed E-state index contributed by atoms with van der Waals surface area (Å²) in [5.41, 5.74) is 1.02. The quantitative estimate of drug-likeness (QED) is 0.456. The summed E-state index contributed by atoms with van der Waals surface area (Å²) in [5.74, 6) is 0.432. The average Bonchev–Trinajstić information content (AvgIpc) is 3.20. The van der Waals surface area contributed by atoms with Crippen molar-refractivity contribution in [1.82, 2.24) is 10.2 Å². The minimum Gasteiger partial charge on any atom is -0.497 e. The van der Waals surface area contributed by atoms with Gasteiger partial charge in [0.05, 0.1) is 24.2 Å². The molecule has 1 heterocycles. The van der Waals surface area contributed by atoms with Crippen LogP contribution < -0.4 is 10.1 Å². The number of anilines is 1. The van der Waals surface area contributed by atoms with Crippen molar-refractivity contribution in [2.75, 3.05) is 24.4 Å². The third kappa shape index (κ3) is 6.56. The zero-order valence-corrected chi connectivity index (χ0v) is 18.8. The lowest BCUT2D eigenvalue weighted by Gasteiger charge is -2.05. The normalized spacial score (nSPS) is 11.3.